The second-order valence-corrected chi connectivity index (χ2v) is 6.79. The average molecular weight is 340 g/mol. The van der Waals surface area contributed by atoms with Crippen LogP contribution < -0.4 is 0 Å². The summed E-state index contributed by atoms with van der Waals surface area (Å²) in [4.78, 5) is 2.60. The topological polar surface area (TPSA) is 12.5 Å². The van der Waals surface area contributed by atoms with Gasteiger partial charge in [-0.1, -0.05) is 46.3 Å². The van der Waals surface area contributed by atoms with Gasteiger partial charge in [0.25, 0.3) is 0 Å². The van der Waals surface area contributed by atoms with Crippen molar-refractivity contribution in [2.75, 3.05) is 25.1 Å². The van der Waals surface area contributed by atoms with E-state index in [-0.39, 0.29) is 0 Å². The van der Waals surface area contributed by atoms with E-state index in [2.05, 4.69) is 65.0 Å². The average Bonchev–Trinajstić information content (AvgIpc) is 2.48. The molecular formula is C17H26BrNO. The van der Waals surface area contributed by atoms with Crippen LogP contribution in [0.5, 0.6) is 0 Å². The maximum Gasteiger partial charge on any atom is 0.0472 e. The van der Waals surface area contributed by atoms with E-state index in [1.165, 1.54) is 5.56 Å². The van der Waals surface area contributed by atoms with Gasteiger partial charge in [-0.2, -0.15) is 0 Å². The Bertz CT molecular complexity index is 387. The van der Waals surface area contributed by atoms with E-state index >= 15 is 0 Å². The number of ether oxygens (including phenoxy) is 1. The highest BCUT2D eigenvalue weighted by atomic mass is 79.9. The molecule has 1 aliphatic rings. The minimum absolute atomic E-state index is 0.372. The van der Waals surface area contributed by atoms with Gasteiger partial charge in [0.2, 0.25) is 0 Å². The maximum absolute atomic E-state index is 5.55. The van der Waals surface area contributed by atoms with Crippen LogP contribution in [0.2, 0.25) is 0 Å². The first-order valence-electron chi connectivity index (χ1n) is 7.57. The van der Waals surface area contributed by atoms with Crippen LogP contribution in [0.4, 0.5) is 0 Å². The lowest BCUT2D eigenvalue weighted by Crippen LogP contribution is -2.45. The number of nitrogens with zero attached hydrogens (tertiary/aromatic N) is 1. The molecule has 1 saturated heterocycles. The van der Waals surface area contributed by atoms with Crippen molar-refractivity contribution in [3.63, 3.8) is 0 Å². The summed E-state index contributed by atoms with van der Waals surface area (Å²) in [7, 11) is 0. The Morgan fingerprint density at radius 1 is 1.20 bits per heavy atom. The largest absolute Gasteiger partial charge is 0.381 e. The van der Waals surface area contributed by atoms with Crippen LogP contribution >= 0.6 is 15.9 Å². The summed E-state index contributed by atoms with van der Waals surface area (Å²) in [6, 6.07) is 11.3. The van der Waals surface area contributed by atoms with E-state index in [1.807, 2.05) is 0 Å². The third kappa shape index (κ3) is 4.31. The van der Waals surface area contributed by atoms with Gasteiger partial charge in [-0.3, -0.25) is 4.90 Å². The summed E-state index contributed by atoms with van der Waals surface area (Å²) in [5.74, 6) is 0. The SMILES string of the molecule is CC(C)N(Cc1ccccc1)CC1(CBr)CCOCC1. The zero-order chi connectivity index (χ0) is 14.4. The summed E-state index contributed by atoms with van der Waals surface area (Å²) in [5.41, 5.74) is 1.77. The molecule has 1 heterocycles. The van der Waals surface area contributed by atoms with Crippen molar-refractivity contribution < 1.29 is 4.74 Å². The van der Waals surface area contributed by atoms with Crippen molar-refractivity contribution in [1.82, 2.24) is 4.90 Å². The normalized spacial score (nSPS) is 18.6. The Morgan fingerprint density at radius 3 is 2.40 bits per heavy atom. The molecule has 112 valence electrons. The molecule has 0 aliphatic carbocycles. The Balaban J connectivity index is 2.04. The fourth-order valence-corrected chi connectivity index (χ4v) is 3.55. The molecule has 1 aliphatic heterocycles. The van der Waals surface area contributed by atoms with E-state index in [4.69, 9.17) is 4.74 Å². The molecule has 0 spiro atoms. The van der Waals surface area contributed by atoms with Crippen molar-refractivity contribution in [2.24, 2.45) is 5.41 Å². The van der Waals surface area contributed by atoms with Crippen LogP contribution in [-0.4, -0.2) is 36.0 Å². The third-order valence-electron chi connectivity index (χ3n) is 4.33. The van der Waals surface area contributed by atoms with Crippen LogP contribution in [0, 0.1) is 5.41 Å². The molecular weight excluding hydrogens is 314 g/mol. The second kappa shape index (κ2) is 7.58. The van der Waals surface area contributed by atoms with E-state index in [0.29, 0.717) is 11.5 Å². The molecule has 0 atom stereocenters. The molecule has 0 saturated carbocycles. The zero-order valence-corrected chi connectivity index (χ0v) is 14.2. The molecule has 20 heavy (non-hydrogen) atoms. The standard InChI is InChI=1S/C17H26BrNO/c1-15(2)19(12-16-6-4-3-5-7-16)14-17(13-18)8-10-20-11-9-17/h3-7,15H,8-14H2,1-2H3. The molecule has 0 N–H and O–H groups in total. The Labute approximate surface area is 131 Å². The monoisotopic (exact) mass is 339 g/mol. The lowest BCUT2D eigenvalue weighted by atomic mass is 9.81. The minimum atomic E-state index is 0.372. The van der Waals surface area contributed by atoms with Crippen molar-refractivity contribution in [2.45, 2.75) is 39.3 Å². The van der Waals surface area contributed by atoms with Gasteiger partial charge in [-0.25, -0.2) is 0 Å². The first-order valence-corrected chi connectivity index (χ1v) is 8.69. The Kier molecular flexibility index (Phi) is 6.06. The minimum Gasteiger partial charge on any atom is -0.381 e. The fraction of sp³-hybridized carbons (Fsp3) is 0.647. The molecule has 2 rings (SSSR count). The number of benzene rings is 1. The van der Waals surface area contributed by atoms with E-state index in [1.54, 1.807) is 0 Å². The highest BCUT2D eigenvalue weighted by molar-refractivity contribution is 9.09. The smallest absolute Gasteiger partial charge is 0.0472 e. The lowest BCUT2D eigenvalue weighted by molar-refractivity contribution is 0.00123. The van der Waals surface area contributed by atoms with Crippen molar-refractivity contribution in [3.8, 4) is 0 Å². The first-order chi connectivity index (χ1) is 9.65. The van der Waals surface area contributed by atoms with Crippen LogP contribution in [0.3, 0.4) is 0 Å². The second-order valence-electron chi connectivity index (χ2n) is 6.23. The molecule has 0 bridgehead atoms. The highest BCUT2D eigenvalue weighted by Gasteiger charge is 2.34. The summed E-state index contributed by atoms with van der Waals surface area (Å²) >= 11 is 3.75. The Hall–Kier alpha value is -0.380. The van der Waals surface area contributed by atoms with Crippen molar-refractivity contribution in [1.29, 1.82) is 0 Å². The van der Waals surface area contributed by atoms with Gasteiger partial charge in [0.15, 0.2) is 0 Å². The fourth-order valence-electron chi connectivity index (χ4n) is 2.81. The summed E-state index contributed by atoms with van der Waals surface area (Å²) in [6.07, 6.45) is 2.33. The quantitative estimate of drug-likeness (QED) is 0.724. The zero-order valence-electron chi connectivity index (χ0n) is 12.6. The van der Waals surface area contributed by atoms with Gasteiger partial charge < -0.3 is 4.74 Å². The lowest BCUT2D eigenvalue weighted by Gasteiger charge is -2.41. The number of hydrogen-bond acceptors (Lipinski definition) is 2. The number of alkyl halides is 1. The van der Waals surface area contributed by atoms with Gasteiger partial charge in [0.05, 0.1) is 0 Å². The molecule has 0 aromatic heterocycles. The molecule has 1 aromatic rings. The van der Waals surface area contributed by atoms with Crippen LogP contribution in [0.1, 0.15) is 32.3 Å². The molecule has 0 unspecified atom stereocenters. The van der Waals surface area contributed by atoms with Crippen molar-refractivity contribution >= 4 is 15.9 Å². The van der Waals surface area contributed by atoms with Gasteiger partial charge >= 0.3 is 0 Å². The van der Waals surface area contributed by atoms with Crippen LogP contribution in [-0.2, 0) is 11.3 Å². The molecule has 1 aromatic carbocycles. The highest BCUT2D eigenvalue weighted by Crippen LogP contribution is 2.34. The maximum atomic E-state index is 5.55. The molecule has 2 nitrogen and oxygen atoms in total. The number of rotatable bonds is 6. The van der Waals surface area contributed by atoms with Gasteiger partial charge in [0, 0.05) is 37.7 Å². The summed E-state index contributed by atoms with van der Waals surface area (Å²) < 4.78 is 5.55. The molecule has 3 heteroatoms. The van der Waals surface area contributed by atoms with Crippen molar-refractivity contribution in [3.05, 3.63) is 35.9 Å². The van der Waals surface area contributed by atoms with E-state index < -0.39 is 0 Å². The summed E-state index contributed by atoms with van der Waals surface area (Å²) in [6.45, 7) is 8.59. The predicted molar refractivity (Wildman–Crippen MR) is 88.3 cm³/mol. The predicted octanol–water partition coefficient (Wildman–Crippen LogP) is 4.09. The van der Waals surface area contributed by atoms with Gasteiger partial charge in [-0.05, 0) is 37.7 Å². The number of halogens is 1. The summed E-state index contributed by atoms with van der Waals surface area (Å²) in [5, 5.41) is 1.07. The third-order valence-corrected chi connectivity index (χ3v) is 5.52. The van der Waals surface area contributed by atoms with E-state index in [9.17, 15) is 0 Å². The first kappa shape index (κ1) is 16.0. The van der Waals surface area contributed by atoms with Crippen LogP contribution in [0.25, 0.3) is 0 Å². The van der Waals surface area contributed by atoms with Gasteiger partial charge in [-0.15, -0.1) is 0 Å². The van der Waals surface area contributed by atoms with Crippen LogP contribution in [0.15, 0.2) is 30.3 Å². The molecule has 1 fully saturated rings. The number of hydrogen-bond donors (Lipinski definition) is 0. The molecule has 0 amide bonds. The Morgan fingerprint density at radius 2 is 1.85 bits per heavy atom. The van der Waals surface area contributed by atoms with Gasteiger partial charge in [0.1, 0.15) is 0 Å². The van der Waals surface area contributed by atoms with E-state index in [0.717, 1.165) is 44.5 Å². The molecule has 0 radical (unpaired) electrons.